The fourth-order valence-electron chi connectivity index (χ4n) is 2.35. The maximum Gasteiger partial charge on any atom is 0.293 e. The Hall–Kier alpha value is -2.85. The minimum Gasteiger partial charge on any atom is -0.497 e. The SMILES string of the molecule is CNS(=O)(=O)c1ccc(N(C)CCOc2ccc(OC)cc2)c([N+](=O)[O-])c1. The number of nitro benzene ring substituents is 1. The molecule has 9 nitrogen and oxygen atoms in total. The first-order valence-corrected chi connectivity index (χ1v) is 9.47. The van der Waals surface area contributed by atoms with Crippen molar-refractivity contribution >= 4 is 21.4 Å². The summed E-state index contributed by atoms with van der Waals surface area (Å²) in [6.45, 7) is 0.654. The zero-order valence-electron chi connectivity index (χ0n) is 15.2. The predicted molar refractivity (Wildman–Crippen MR) is 101 cm³/mol. The summed E-state index contributed by atoms with van der Waals surface area (Å²) in [4.78, 5) is 12.2. The molecule has 0 aromatic heterocycles. The van der Waals surface area contributed by atoms with Crippen molar-refractivity contribution in [3.63, 3.8) is 0 Å². The van der Waals surface area contributed by atoms with Crippen molar-refractivity contribution in [2.75, 3.05) is 39.3 Å². The van der Waals surface area contributed by atoms with Crippen molar-refractivity contribution in [1.29, 1.82) is 0 Å². The lowest BCUT2D eigenvalue weighted by Crippen LogP contribution is -2.25. The number of methoxy groups -OCH3 is 1. The summed E-state index contributed by atoms with van der Waals surface area (Å²) in [7, 11) is 0.731. The average molecular weight is 395 g/mol. The van der Waals surface area contributed by atoms with Crippen LogP contribution in [0, 0.1) is 10.1 Å². The molecule has 0 heterocycles. The van der Waals surface area contributed by atoms with Crippen LogP contribution in [-0.4, -0.2) is 47.7 Å². The van der Waals surface area contributed by atoms with E-state index in [9.17, 15) is 18.5 Å². The van der Waals surface area contributed by atoms with E-state index in [0.29, 0.717) is 23.7 Å². The van der Waals surface area contributed by atoms with Gasteiger partial charge in [-0.1, -0.05) is 0 Å². The average Bonchev–Trinajstić information content (AvgIpc) is 2.67. The molecule has 0 aliphatic rings. The highest BCUT2D eigenvalue weighted by atomic mass is 32.2. The second kappa shape index (κ2) is 8.69. The maximum atomic E-state index is 11.9. The quantitative estimate of drug-likeness (QED) is 0.511. The van der Waals surface area contributed by atoms with Crippen LogP contribution in [0.1, 0.15) is 0 Å². The van der Waals surface area contributed by atoms with Crippen LogP contribution in [0.25, 0.3) is 0 Å². The fraction of sp³-hybridized carbons (Fsp3) is 0.294. The van der Waals surface area contributed by atoms with Gasteiger partial charge in [-0.3, -0.25) is 10.1 Å². The minimum absolute atomic E-state index is 0.164. The fourth-order valence-corrected chi connectivity index (χ4v) is 3.10. The van der Waals surface area contributed by atoms with Gasteiger partial charge in [-0.05, 0) is 43.4 Å². The molecule has 10 heteroatoms. The first-order chi connectivity index (χ1) is 12.8. The molecule has 0 saturated heterocycles. The number of rotatable bonds is 9. The van der Waals surface area contributed by atoms with Crippen molar-refractivity contribution in [2.24, 2.45) is 0 Å². The lowest BCUT2D eigenvalue weighted by atomic mass is 10.2. The van der Waals surface area contributed by atoms with Crippen LogP contribution in [0.15, 0.2) is 47.4 Å². The minimum atomic E-state index is -3.76. The molecule has 0 atom stereocenters. The molecule has 0 aliphatic heterocycles. The molecule has 0 bridgehead atoms. The Bertz CT molecular complexity index is 899. The Morgan fingerprint density at radius 1 is 1.15 bits per heavy atom. The van der Waals surface area contributed by atoms with E-state index < -0.39 is 14.9 Å². The number of sulfonamides is 1. The Kier molecular flexibility index (Phi) is 6.59. The van der Waals surface area contributed by atoms with Crippen LogP contribution in [0.5, 0.6) is 11.5 Å². The molecule has 27 heavy (non-hydrogen) atoms. The lowest BCUT2D eigenvalue weighted by molar-refractivity contribution is -0.384. The number of ether oxygens (including phenoxy) is 2. The lowest BCUT2D eigenvalue weighted by Gasteiger charge is -2.20. The van der Waals surface area contributed by atoms with Gasteiger partial charge < -0.3 is 14.4 Å². The maximum absolute atomic E-state index is 11.9. The third kappa shape index (κ3) is 5.08. The largest absolute Gasteiger partial charge is 0.497 e. The third-order valence-corrected chi connectivity index (χ3v) is 5.30. The molecule has 0 saturated carbocycles. The van der Waals surface area contributed by atoms with E-state index in [-0.39, 0.29) is 17.2 Å². The van der Waals surface area contributed by atoms with Crippen molar-refractivity contribution in [3.8, 4) is 11.5 Å². The number of nitrogens with zero attached hydrogens (tertiary/aromatic N) is 2. The number of nitrogens with one attached hydrogen (secondary N) is 1. The number of likely N-dealkylation sites (N-methyl/N-ethyl adjacent to an activating group) is 1. The number of hydrogen-bond acceptors (Lipinski definition) is 7. The summed E-state index contributed by atoms with van der Waals surface area (Å²) < 4.78 is 36.5. The van der Waals surface area contributed by atoms with E-state index in [1.165, 1.54) is 19.2 Å². The third-order valence-electron chi connectivity index (χ3n) is 3.89. The van der Waals surface area contributed by atoms with Gasteiger partial charge >= 0.3 is 0 Å². The molecule has 0 aliphatic carbocycles. The molecule has 146 valence electrons. The molecular weight excluding hydrogens is 374 g/mol. The second-order valence-electron chi connectivity index (χ2n) is 5.56. The highest BCUT2D eigenvalue weighted by molar-refractivity contribution is 7.89. The monoisotopic (exact) mass is 395 g/mol. The summed E-state index contributed by atoms with van der Waals surface area (Å²) in [5, 5.41) is 11.4. The van der Waals surface area contributed by atoms with Gasteiger partial charge in [0.15, 0.2) is 0 Å². The van der Waals surface area contributed by atoms with Gasteiger partial charge in [0.25, 0.3) is 5.69 Å². The van der Waals surface area contributed by atoms with Crippen LogP contribution in [0.3, 0.4) is 0 Å². The molecule has 0 radical (unpaired) electrons. The Balaban J connectivity index is 2.10. The van der Waals surface area contributed by atoms with Gasteiger partial charge in [0, 0.05) is 13.1 Å². The van der Waals surface area contributed by atoms with E-state index in [0.717, 1.165) is 6.07 Å². The van der Waals surface area contributed by atoms with Gasteiger partial charge in [-0.15, -0.1) is 0 Å². The molecule has 2 aromatic rings. The van der Waals surface area contributed by atoms with Crippen molar-refractivity contribution < 1.29 is 22.8 Å². The molecular formula is C17H21N3O6S. The number of hydrogen-bond donors (Lipinski definition) is 1. The summed E-state index contributed by atoms with van der Waals surface area (Å²) in [5.74, 6) is 1.36. The standard InChI is InChI=1S/C17H21N3O6S/c1-18-27(23,24)15-8-9-16(17(12-15)20(21)22)19(2)10-11-26-14-6-4-13(25-3)5-7-14/h4-9,12,18H,10-11H2,1-3H3. The Labute approximate surface area is 157 Å². The number of benzene rings is 2. The second-order valence-corrected chi connectivity index (χ2v) is 7.45. The Morgan fingerprint density at radius 2 is 1.78 bits per heavy atom. The molecule has 1 N–H and O–H groups in total. The van der Waals surface area contributed by atoms with Gasteiger partial charge in [-0.2, -0.15) is 0 Å². The molecule has 0 amide bonds. The first-order valence-electron chi connectivity index (χ1n) is 7.98. The summed E-state index contributed by atoms with van der Waals surface area (Å²) in [5.41, 5.74) is 0.00616. The molecule has 2 aromatic carbocycles. The van der Waals surface area contributed by atoms with Crippen molar-refractivity contribution in [1.82, 2.24) is 4.72 Å². The van der Waals surface area contributed by atoms with Gasteiger partial charge in [0.1, 0.15) is 23.8 Å². The zero-order chi connectivity index (χ0) is 20.0. The van der Waals surface area contributed by atoms with E-state index in [1.54, 1.807) is 43.3 Å². The molecule has 2 rings (SSSR count). The van der Waals surface area contributed by atoms with E-state index in [1.807, 2.05) is 0 Å². The first kappa shape index (κ1) is 20.5. The smallest absolute Gasteiger partial charge is 0.293 e. The summed E-state index contributed by atoms with van der Waals surface area (Å²) >= 11 is 0. The highest BCUT2D eigenvalue weighted by Crippen LogP contribution is 2.30. The summed E-state index contributed by atoms with van der Waals surface area (Å²) in [6.07, 6.45) is 0. The number of anilines is 1. The van der Waals surface area contributed by atoms with E-state index in [2.05, 4.69) is 4.72 Å². The topological polar surface area (TPSA) is 111 Å². The molecule has 0 spiro atoms. The van der Waals surface area contributed by atoms with E-state index >= 15 is 0 Å². The highest BCUT2D eigenvalue weighted by Gasteiger charge is 2.22. The molecule has 0 unspecified atom stereocenters. The van der Waals surface area contributed by atoms with Crippen molar-refractivity contribution in [3.05, 3.63) is 52.6 Å². The predicted octanol–water partition coefficient (Wildman–Crippen LogP) is 2.03. The van der Waals surface area contributed by atoms with Crippen LogP contribution in [0.2, 0.25) is 0 Å². The van der Waals surface area contributed by atoms with Gasteiger partial charge in [0.2, 0.25) is 10.0 Å². The Morgan fingerprint density at radius 3 is 2.33 bits per heavy atom. The zero-order valence-corrected chi connectivity index (χ0v) is 16.0. The number of nitro groups is 1. The van der Waals surface area contributed by atoms with Gasteiger partial charge in [-0.25, -0.2) is 13.1 Å². The van der Waals surface area contributed by atoms with Crippen molar-refractivity contribution in [2.45, 2.75) is 4.90 Å². The molecule has 0 fully saturated rings. The van der Waals surface area contributed by atoms with Crippen LogP contribution in [0.4, 0.5) is 11.4 Å². The summed E-state index contributed by atoms with van der Waals surface area (Å²) in [6, 6.07) is 10.8. The normalized spacial score (nSPS) is 11.1. The van der Waals surface area contributed by atoms with E-state index in [4.69, 9.17) is 9.47 Å². The van der Waals surface area contributed by atoms with Gasteiger partial charge in [0.05, 0.1) is 23.5 Å². The van der Waals surface area contributed by atoms with Crippen LogP contribution in [-0.2, 0) is 10.0 Å². The van der Waals surface area contributed by atoms with Crippen LogP contribution >= 0.6 is 0 Å². The van der Waals surface area contributed by atoms with Crippen LogP contribution < -0.4 is 19.1 Å².